The quantitative estimate of drug-likeness (QED) is 0.398. The molecule has 3 N–H and O–H groups in total. The first-order chi connectivity index (χ1) is 14.7. The van der Waals surface area contributed by atoms with Crippen molar-refractivity contribution >= 4 is 12.1 Å². The molecule has 0 aliphatic carbocycles. The van der Waals surface area contributed by atoms with Crippen molar-refractivity contribution in [1.29, 1.82) is 0 Å². The zero-order valence-corrected chi connectivity index (χ0v) is 15.9. The Morgan fingerprint density at radius 2 is 1.71 bits per heavy atom. The van der Waals surface area contributed by atoms with Gasteiger partial charge in [-0.15, -0.1) is 0 Å². The standard InChI is InChI=1S/C22H17F3N2O4/c23-22(24,25)17-6-3-4-14(8-17)13-31-20-7-2-1-5-15(20)12-26-27-21(30)16-9-18(28)11-19(29)10-16/h1-12,28-29H,13H2,(H,27,30)/b26-12+. The molecule has 0 radical (unpaired) electrons. The highest BCUT2D eigenvalue weighted by Crippen LogP contribution is 2.30. The first-order valence-corrected chi connectivity index (χ1v) is 8.97. The lowest BCUT2D eigenvalue weighted by Gasteiger charge is -2.11. The first-order valence-electron chi connectivity index (χ1n) is 8.97. The van der Waals surface area contributed by atoms with Crippen molar-refractivity contribution in [2.75, 3.05) is 0 Å². The molecule has 0 saturated carbocycles. The van der Waals surface area contributed by atoms with Crippen molar-refractivity contribution in [2.24, 2.45) is 5.10 Å². The van der Waals surface area contributed by atoms with Gasteiger partial charge in [-0.3, -0.25) is 4.79 Å². The van der Waals surface area contributed by atoms with Gasteiger partial charge in [0.2, 0.25) is 0 Å². The first kappa shape index (κ1) is 21.7. The third-order valence-electron chi connectivity index (χ3n) is 4.10. The van der Waals surface area contributed by atoms with Gasteiger partial charge in [-0.2, -0.15) is 18.3 Å². The van der Waals surface area contributed by atoms with Crippen LogP contribution in [0.1, 0.15) is 27.0 Å². The van der Waals surface area contributed by atoms with Crippen LogP contribution in [0.15, 0.2) is 71.8 Å². The Morgan fingerprint density at radius 3 is 2.42 bits per heavy atom. The van der Waals surface area contributed by atoms with Crippen LogP contribution in [-0.2, 0) is 12.8 Å². The summed E-state index contributed by atoms with van der Waals surface area (Å²) in [5.41, 5.74) is 2.32. The van der Waals surface area contributed by atoms with Crippen molar-refractivity contribution in [3.63, 3.8) is 0 Å². The number of carbonyl (C=O) groups excluding carboxylic acids is 1. The number of ether oxygens (including phenoxy) is 1. The Kier molecular flexibility index (Phi) is 6.44. The van der Waals surface area contributed by atoms with Gasteiger partial charge in [-0.1, -0.05) is 24.3 Å². The van der Waals surface area contributed by atoms with E-state index >= 15 is 0 Å². The summed E-state index contributed by atoms with van der Waals surface area (Å²) in [4.78, 5) is 12.1. The van der Waals surface area contributed by atoms with Crippen LogP contribution in [0.4, 0.5) is 13.2 Å². The molecule has 3 aromatic rings. The van der Waals surface area contributed by atoms with E-state index < -0.39 is 17.6 Å². The third kappa shape index (κ3) is 5.99. The number of carbonyl (C=O) groups is 1. The summed E-state index contributed by atoms with van der Waals surface area (Å²) in [6, 6.07) is 14.9. The van der Waals surface area contributed by atoms with Crippen molar-refractivity contribution in [3.05, 3.63) is 89.0 Å². The topological polar surface area (TPSA) is 91.2 Å². The SMILES string of the molecule is O=C(N/N=C/c1ccccc1OCc1cccc(C(F)(F)F)c1)c1cc(O)cc(O)c1. The van der Waals surface area contributed by atoms with Gasteiger partial charge in [0.1, 0.15) is 23.9 Å². The molecule has 3 aromatic carbocycles. The molecule has 0 saturated heterocycles. The van der Waals surface area contributed by atoms with Crippen LogP contribution in [0.2, 0.25) is 0 Å². The molecule has 0 spiro atoms. The number of hydrazone groups is 1. The minimum Gasteiger partial charge on any atom is -0.508 e. The van der Waals surface area contributed by atoms with Gasteiger partial charge in [0.25, 0.3) is 5.91 Å². The number of phenols is 2. The van der Waals surface area contributed by atoms with Crippen molar-refractivity contribution in [1.82, 2.24) is 5.43 Å². The average Bonchev–Trinajstić information content (AvgIpc) is 2.72. The molecular formula is C22H17F3N2O4. The van der Waals surface area contributed by atoms with Crippen LogP contribution in [0, 0.1) is 0 Å². The van der Waals surface area contributed by atoms with Gasteiger partial charge in [0.05, 0.1) is 11.8 Å². The number of hydrogen-bond donors (Lipinski definition) is 3. The predicted molar refractivity (Wildman–Crippen MR) is 107 cm³/mol. The largest absolute Gasteiger partial charge is 0.508 e. The van der Waals surface area contributed by atoms with Crippen LogP contribution >= 0.6 is 0 Å². The fraction of sp³-hybridized carbons (Fsp3) is 0.0909. The molecule has 9 heteroatoms. The van der Waals surface area contributed by atoms with Crippen molar-refractivity contribution in [3.8, 4) is 17.2 Å². The number of rotatable bonds is 6. The Bertz CT molecular complexity index is 1090. The molecule has 0 aliphatic rings. The molecule has 0 fully saturated rings. The maximum Gasteiger partial charge on any atom is 0.416 e. The summed E-state index contributed by atoms with van der Waals surface area (Å²) < 4.78 is 44.2. The molecule has 0 heterocycles. The summed E-state index contributed by atoms with van der Waals surface area (Å²) in [6.45, 7) is -0.0936. The minimum atomic E-state index is -4.44. The second kappa shape index (κ2) is 9.21. The number of aromatic hydroxyl groups is 2. The molecule has 1 amide bonds. The summed E-state index contributed by atoms with van der Waals surface area (Å²) in [7, 11) is 0. The Balaban J connectivity index is 1.67. The lowest BCUT2D eigenvalue weighted by Crippen LogP contribution is -2.17. The number of amides is 1. The highest BCUT2D eigenvalue weighted by molar-refractivity contribution is 5.95. The Labute approximate surface area is 175 Å². The molecule has 0 atom stereocenters. The zero-order chi connectivity index (χ0) is 22.4. The number of benzene rings is 3. The molecule has 0 aromatic heterocycles. The molecule has 6 nitrogen and oxygen atoms in total. The van der Waals surface area contributed by atoms with Crippen LogP contribution in [0.25, 0.3) is 0 Å². The molecule has 0 bridgehead atoms. The van der Waals surface area contributed by atoms with Crippen LogP contribution in [-0.4, -0.2) is 22.3 Å². The maximum absolute atomic E-state index is 12.8. The minimum absolute atomic E-state index is 0.00346. The van der Waals surface area contributed by atoms with E-state index in [0.29, 0.717) is 16.9 Å². The van der Waals surface area contributed by atoms with E-state index in [1.165, 1.54) is 18.3 Å². The number of hydrogen-bond acceptors (Lipinski definition) is 5. The highest BCUT2D eigenvalue weighted by Gasteiger charge is 2.30. The van der Waals surface area contributed by atoms with E-state index in [4.69, 9.17) is 4.74 Å². The Morgan fingerprint density at radius 1 is 1.00 bits per heavy atom. The van der Waals surface area contributed by atoms with E-state index in [1.54, 1.807) is 24.3 Å². The van der Waals surface area contributed by atoms with Gasteiger partial charge < -0.3 is 14.9 Å². The van der Waals surface area contributed by atoms with E-state index in [9.17, 15) is 28.2 Å². The summed E-state index contributed by atoms with van der Waals surface area (Å²) in [6.07, 6.45) is -3.13. The van der Waals surface area contributed by atoms with Gasteiger partial charge in [0, 0.05) is 17.2 Å². The number of para-hydroxylation sites is 1. The fourth-order valence-electron chi connectivity index (χ4n) is 2.67. The monoisotopic (exact) mass is 430 g/mol. The molecule has 3 rings (SSSR count). The van der Waals surface area contributed by atoms with Crippen molar-refractivity contribution < 1.29 is 32.9 Å². The van der Waals surface area contributed by atoms with Crippen LogP contribution in [0.3, 0.4) is 0 Å². The third-order valence-corrected chi connectivity index (χ3v) is 4.10. The van der Waals surface area contributed by atoms with Crippen molar-refractivity contribution in [2.45, 2.75) is 12.8 Å². The van der Waals surface area contributed by atoms with E-state index in [-0.39, 0.29) is 23.7 Å². The van der Waals surface area contributed by atoms with Gasteiger partial charge in [-0.25, -0.2) is 5.43 Å². The summed E-state index contributed by atoms with van der Waals surface area (Å²) >= 11 is 0. The predicted octanol–water partition coefficient (Wildman–Crippen LogP) is 4.46. The number of phenolic OH excluding ortho intramolecular Hbond substituents is 2. The molecule has 31 heavy (non-hydrogen) atoms. The lowest BCUT2D eigenvalue weighted by molar-refractivity contribution is -0.137. The fourth-order valence-corrected chi connectivity index (χ4v) is 2.67. The molecule has 0 aliphatic heterocycles. The summed E-state index contributed by atoms with van der Waals surface area (Å²) in [5, 5.41) is 22.7. The number of nitrogens with one attached hydrogen (secondary N) is 1. The lowest BCUT2D eigenvalue weighted by atomic mass is 10.1. The van der Waals surface area contributed by atoms with Gasteiger partial charge in [-0.05, 0) is 42.0 Å². The molecule has 160 valence electrons. The normalized spacial score (nSPS) is 11.5. The smallest absolute Gasteiger partial charge is 0.416 e. The second-order valence-corrected chi connectivity index (χ2v) is 6.46. The van der Waals surface area contributed by atoms with Crippen LogP contribution in [0.5, 0.6) is 17.2 Å². The average molecular weight is 430 g/mol. The summed E-state index contributed by atoms with van der Waals surface area (Å²) in [5.74, 6) is -0.859. The number of nitrogens with zero attached hydrogens (tertiary/aromatic N) is 1. The second-order valence-electron chi connectivity index (χ2n) is 6.46. The Hall–Kier alpha value is -4.01. The number of alkyl halides is 3. The van der Waals surface area contributed by atoms with E-state index in [1.807, 2.05) is 0 Å². The zero-order valence-electron chi connectivity index (χ0n) is 15.9. The highest BCUT2D eigenvalue weighted by atomic mass is 19.4. The van der Waals surface area contributed by atoms with Crippen LogP contribution < -0.4 is 10.2 Å². The van der Waals surface area contributed by atoms with Gasteiger partial charge >= 0.3 is 6.18 Å². The molecular weight excluding hydrogens is 413 g/mol. The maximum atomic E-state index is 12.8. The van der Waals surface area contributed by atoms with E-state index in [0.717, 1.165) is 30.3 Å². The van der Waals surface area contributed by atoms with E-state index in [2.05, 4.69) is 10.5 Å². The molecule has 0 unspecified atom stereocenters. The van der Waals surface area contributed by atoms with Gasteiger partial charge in [0.15, 0.2) is 0 Å². The number of halogens is 3.